The van der Waals surface area contributed by atoms with Crippen molar-refractivity contribution in [2.75, 3.05) is 0 Å². The molecule has 0 radical (unpaired) electrons. The van der Waals surface area contributed by atoms with Crippen LogP contribution in [0.4, 0.5) is 0 Å². The number of hydrogen-bond acceptors (Lipinski definition) is 2. The Morgan fingerprint density at radius 3 is 2.25 bits per heavy atom. The summed E-state index contributed by atoms with van der Waals surface area (Å²) in [5, 5.41) is 0. The van der Waals surface area contributed by atoms with Crippen molar-refractivity contribution in [3.05, 3.63) is 47.5 Å². The van der Waals surface area contributed by atoms with Crippen molar-refractivity contribution >= 4 is 11.6 Å². The number of benzene rings is 1. The molecule has 84 valence electrons. The van der Waals surface area contributed by atoms with Gasteiger partial charge in [0.25, 0.3) is 0 Å². The van der Waals surface area contributed by atoms with Crippen LogP contribution < -0.4 is 0 Å². The van der Waals surface area contributed by atoms with Crippen molar-refractivity contribution in [3.8, 4) is 0 Å². The summed E-state index contributed by atoms with van der Waals surface area (Å²) in [6, 6.07) is 9.88. The maximum atomic E-state index is 11.3. The van der Waals surface area contributed by atoms with Gasteiger partial charge in [0.2, 0.25) is 0 Å². The van der Waals surface area contributed by atoms with Gasteiger partial charge in [-0.2, -0.15) is 0 Å². The average molecular weight is 216 g/mol. The van der Waals surface area contributed by atoms with Gasteiger partial charge in [0, 0.05) is 6.42 Å². The minimum Gasteiger partial charge on any atom is -0.300 e. The number of rotatable bonds is 5. The van der Waals surface area contributed by atoms with Gasteiger partial charge in [-0.05, 0) is 31.4 Å². The molecule has 0 aromatic heterocycles. The molecule has 1 aromatic rings. The molecule has 0 amide bonds. The molecule has 0 heterocycles. The third-order valence-electron chi connectivity index (χ3n) is 2.32. The summed E-state index contributed by atoms with van der Waals surface area (Å²) in [6.07, 6.45) is 2.78. The fourth-order valence-corrected chi connectivity index (χ4v) is 1.46. The average Bonchev–Trinajstić information content (AvgIpc) is 2.25. The lowest BCUT2D eigenvalue weighted by Gasteiger charge is -2.01. The maximum absolute atomic E-state index is 11.3. The molecule has 1 rings (SSSR count). The Bertz CT molecular complexity index is 402. The second-order valence-electron chi connectivity index (χ2n) is 3.85. The smallest absolute Gasteiger partial charge is 0.155 e. The molecule has 0 saturated heterocycles. The normalized spacial score (nSPS) is 11.2. The van der Waals surface area contributed by atoms with Gasteiger partial charge in [-0.1, -0.05) is 36.4 Å². The van der Waals surface area contributed by atoms with Crippen LogP contribution in [0.1, 0.15) is 25.8 Å². The Kier molecular flexibility index (Phi) is 4.65. The van der Waals surface area contributed by atoms with Gasteiger partial charge < -0.3 is 0 Å². The highest BCUT2D eigenvalue weighted by Crippen LogP contribution is 2.08. The predicted octanol–water partition coefficient (Wildman–Crippen LogP) is 2.72. The number of ketones is 2. The van der Waals surface area contributed by atoms with E-state index in [2.05, 4.69) is 0 Å². The van der Waals surface area contributed by atoms with E-state index in [1.54, 1.807) is 0 Å². The maximum Gasteiger partial charge on any atom is 0.155 e. The number of hydrogen-bond donors (Lipinski definition) is 0. The van der Waals surface area contributed by atoms with Crippen LogP contribution in [0.2, 0.25) is 0 Å². The molecule has 2 nitrogen and oxygen atoms in total. The minimum atomic E-state index is -0.0221. The molecule has 0 aliphatic rings. The van der Waals surface area contributed by atoms with Crippen molar-refractivity contribution < 1.29 is 9.59 Å². The van der Waals surface area contributed by atoms with Crippen LogP contribution in [-0.4, -0.2) is 11.6 Å². The highest BCUT2D eigenvalue weighted by atomic mass is 16.1. The van der Waals surface area contributed by atoms with E-state index in [1.165, 1.54) is 13.8 Å². The first-order valence-corrected chi connectivity index (χ1v) is 5.33. The summed E-state index contributed by atoms with van der Waals surface area (Å²) in [5.74, 6) is 0.000595. The molecule has 0 aliphatic heterocycles. The highest BCUT2D eigenvalue weighted by molar-refractivity contribution is 5.98. The van der Waals surface area contributed by atoms with Gasteiger partial charge in [-0.3, -0.25) is 9.59 Å². The summed E-state index contributed by atoms with van der Waals surface area (Å²) < 4.78 is 0. The first-order chi connectivity index (χ1) is 7.59. The van der Waals surface area contributed by atoms with Crippen LogP contribution in [-0.2, 0) is 16.0 Å². The molecule has 0 atom stereocenters. The molecule has 2 heteroatoms. The van der Waals surface area contributed by atoms with Gasteiger partial charge in [-0.15, -0.1) is 0 Å². The van der Waals surface area contributed by atoms with Crippen molar-refractivity contribution in [1.82, 2.24) is 0 Å². The lowest BCUT2D eigenvalue weighted by Crippen LogP contribution is -2.02. The van der Waals surface area contributed by atoms with Gasteiger partial charge in [-0.25, -0.2) is 0 Å². The van der Waals surface area contributed by atoms with Crippen molar-refractivity contribution in [3.63, 3.8) is 0 Å². The zero-order valence-electron chi connectivity index (χ0n) is 9.69. The molecule has 0 bridgehead atoms. The van der Waals surface area contributed by atoms with Gasteiger partial charge in [0.1, 0.15) is 5.78 Å². The summed E-state index contributed by atoms with van der Waals surface area (Å²) >= 11 is 0. The van der Waals surface area contributed by atoms with E-state index >= 15 is 0 Å². The van der Waals surface area contributed by atoms with E-state index in [0.29, 0.717) is 12.0 Å². The van der Waals surface area contributed by atoms with Crippen LogP contribution in [0.25, 0.3) is 0 Å². The quantitative estimate of drug-likeness (QED) is 0.709. The lowest BCUT2D eigenvalue weighted by molar-refractivity contribution is -0.119. The standard InChI is InChI=1S/C14H16O2/c1-11(15)10-14(12(2)16)9-8-13-6-4-3-5-7-13/h3-7,9H,8,10H2,1-2H3/b14-9-. The topological polar surface area (TPSA) is 34.1 Å². The molecule has 0 unspecified atom stereocenters. The summed E-state index contributed by atoms with van der Waals surface area (Å²) in [6.45, 7) is 3.00. The Labute approximate surface area is 96.0 Å². The monoisotopic (exact) mass is 216 g/mol. The molecule has 0 saturated carbocycles. The zero-order valence-corrected chi connectivity index (χ0v) is 9.69. The lowest BCUT2D eigenvalue weighted by atomic mass is 10.0. The minimum absolute atomic E-state index is 0.0221. The van der Waals surface area contributed by atoms with Crippen LogP contribution in [0, 0.1) is 0 Å². The van der Waals surface area contributed by atoms with E-state index in [1.807, 2.05) is 36.4 Å². The fourth-order valence-electron chi connectivity index (χ4n) is 1.46. The van der Waals surface area contributed by atoms with E-state index < -0.39 is 0 Å². The highest BCUT2D eigenvalue weighted by Gasteiger charge is 2.06. The van der Waals surface area contributed by atoms with Gasteiger partial charge in [0.15, 0.2) is 5.78 Å². The van der Waals surface area contributed by atoms with Gasteiger partial charge >= 0.3 is 0 Å². The van der Waals surface area contributed by atoms with Crippen LogP contribution in [0.15, 0.2) is 42.0 Å². The third-order valence-corrected chi connectivity index (χ3v) is 2.32. The largest absolute Gasteiger partial charge is 0.300 e. The molecule has 16 heavy (non-hydrogen) atoms. The first kappa shape index (κ1) is 12.4. The van der Waals surface area contributed by atoms with E-state index in [9.17, 15) is 9.59 Å². The summed E-state index contributed by atoms with van der Waals surface area (Å²) in [7, 11) is 0. The zero-order chi connectivity index (χ0) is 12.0. The second-order valence-corrected chi connectivity index (χ2v) is 3.85. The molecule has 0 aliphatic carbocycles. The Morgan fingerprint density at radius 2 is 1.75 bits per heavy atom. The molecular weight excluding hydrogens is 200 g/mol. The third kappa shape index (κ3) is 4.22. The molecule has 0 spiro atoms. The first-order valence-electron chi connectivity index (χ1n) is 5.33. The van der Waals surface area contributed by atoms with E-state index in [4.69, 9.17) is 0 Å². The summed E-state index contributed by atoms with van der Waals surface area (Å²) in [4.78, 5) is 22.3. The Morgan fingerprint density at radius 1 is 1.12 bits per heavy atom. The van der Waals surface area contributed by atoms with Crippen molar-refractivity contribution in [1.29, 1.82) is 0 Å². The SMILES string of the molecule is CC(=O)C/C(=C/Cc1ccccc1)C(C)=O. The van der Waals surface area contributed by atoms with E-state index in [0.717, 1.165) is 5.56 Å². The van der Waals surface area contributed by atoms with Crippen LogP contribution in [0.3, 0.4) is 0 Å². The number of Topliss-reactive ketones (excluding diaryl/α,β-unsaturated/α-hetero) is 2. The number of carbonyl (C=O) groups is 2. The van der Waals surface area contributed by atoms with Crippen LogP contribution in [0.5, 0.6) is 0 Å². The van der Waals surface area contributed by atoms with Crippen molar-refractivity contribution in [2.24, 2.45) is 0 Å². The second kappa shape index (κ2) is 6.01. The molecular formula is C14H16O2. The predicted molar refractivity (Wildman–Crippen MR) is 64.2 cm³/mol. The van der Waals surface area contributed by atoms with Gasteiger partial charge in [0.05, 0.1) is 0 Å². The summed E-state index contributed by atoms with van der Waals surface area (Å²) in [5.41, 5.74) is 1.75. The Balaban J connectivity index is 2.72. The fraction of sp³-hybridized carbons (Fsp3) is 0.286. The molecule has 1 aromatic carbocycles. The Hall–Kier alpha value is -1.70. The van der Waals surface area contributed by atoms with Crippen LogP contribution >= 0.6 is 0 Å². The van der Waals surface area contributed by atoms with Crippen molar-refractivity contribution in [2.45, 2.75) is 26.7 Å². The molecule has 0 N–H and O–H groups in total. The molecule has 0 fully saturated rings. The van der Waals surface area contributed by atoms with E-state index in [-0.39, 0.29) is 18.0 Å². The number of carbonyl (C=O) groups excluding carboxylic acids is 2. The number of allylic oxidation sites excluding steroid dienone is 2.